The average molecular weight is 433 g/mol. The van der Waals surface area contributed by atoms with Crippen molar-refractivity contribution in [1.29, 1.82) is 0 Å². The maximum atomic E-state index is 12.8. The second kappa shape index (κ2) is 10.2. The van der Waals surface area contributed by atoms with Gasteiger partial charge in [0.15, 0.2) is 6.29 Å². The molecule has 2 aromatic carbocycles. The van der Waals surface area contributed by atoms with E-state index in [1.54, 1.807) is 24.2 Å². The van der Waals surface area contributed by atoms with Crippen LogP contribution in [-0.2, 0) is 6.54 Å². The summed E-state index contributed by atoms with van der Waals surface area (Å²) in [7, 11) is 9.95. The fourth-order valence-electron chi connectivity index (χ4n) is 3.73. The Labute approximate surface area is 190 Å². The molecule has 0 saturated carbocycles. The summed E-state index contributed by atoms with van der Waals surface area (Å²) in [4.78, 5) is 29.7. The molecule has 0 amide bonds. The molecule has 0 fully saturated rings. The van der Waals surface area contributed by atoms with Gasteiger partial charge in [-0.15, -0.1) is 11.8 Å². The molecule has 0 aliphatic rings. The van der Waals surface area contributed by atoms with E-state index in [0.29, 0.717) is 6.29 Å². The average Bonchev–Trinajstić information content (AvgIpc) is 2.75. The molecule has 0 unspecified atom stereocenters. The molecule has 0 atom stereocenters. The fraction of sp³-hybridized carbons (Fsp3) is 0.304. The number of thioether (sulfide) groups is 1. The zero-order valence-electron chi connectivity index (χ0n) is 19.0. The number of rotatable bonds is 9. The lowest BCUT2D eigenvalue weighted by atomic mass is 9.90. The van der Waals surface area contributed by atoms with Crippen LogP contribution in [0.1, 0.15) is 22.3 Å². The predicted octanol–water partition coefficient (Wildman–Crippen LogP) is 1.15. The van der Waals surface area contributed by atoms with Crippen molar-refractivity contribution in [1.82, 2.24) is 9.38 Å². The number of carbonyl (C=O) groups excluding carboxylic acids is 1. The van der Waals surface area contributed by atoms with Crippen molar-refractivity contribution in [3.63, 3.8) is 0 Å². The molecule has 0 N–H and O–H groups in total. The van der Waals surface area contributed by atoms with Gasteiger partial charge in [0.25, 0.3) is 0 Å². The molecule has 0 aliphatic heterocycles. The maximum absolute atomic E-state index is 12.8. The molecular weight excluding hydrogens is 404 g/mol. The maximum Gasteiger partial charge on any atom is 0.250 e. The van der Waals surface area contributed by atoms with Crippen molar-refractivity contribution in [2.24, 2.45) is 0 Å². The summed E-state index contributed by atoms with van der Waals surface area (Å²) in [6.07, 6.45) is 1.67. The number of anilines is 1. The highest BCUT2D eigenvalue weighted by atomic mass is 32.2. The Hall–Kier alpha value is -2.44. The second-order valence-electron chi connectivity index (χ2n) is 8.19. The SMILES string of the molecule is Bc1ccccc1CN(C)CCCSc1c(C=O)c(=O)n(B)c2cc(N(C)C)ccc12. The molecule has 8 heteroatoms. The van der Waals surface area contributed by atoms with Gasteiger partial charge in [-0.2, -0.15) is 0 Å². The summed E-state index contributed by atoms with van der Waals surface area (Å²) < 4.78 is 1.58. The van der Waals surface area contributed by atoms with E-state index < -0.39 is 0 Å². The smallest absolute Gasteiger partial charge is 0.250 e. The lowest BCUT2D eigenvalue weighted by Crippen LogP contribution is -2.24. The normalized spacial score (nSPS) is 11.2. The van der Waals surface area contributed by atoms with E-state index in [2.05, 4.69) is 44.1 Å². The number of carbonyl (C=O) groups is 1. The van der Waals surface area contributed by atoms with Gasteiger partial charge < -0.3 is 14.3 Å². The van der Waals surface area contributed by atoms with Gasteiger partial charge in [-0.1, -0.05) is 29.7 Å². The van der Waals surface area contributed by atoms with E-state index >= 15 is 0 Å². The van der Waals surface area contributed by atoms with Crippen LogP contribution >= 0.6 is 11.8 Å². The fourth-order valence-corrected chi connectivity index (χ4v) is 4.82. The Kier molecular flexibility index (Phi) is 7.68. The third-order valence-corrected chi connectivity index (χ3v) is 6.85. The van der Waals surface area contributed by atoms with Gasteiger partial charge in [-0.3, -0.25) is 9.59 Å². The predicted molar refractivity (Wildman–Crippen MR) is 138 cm³/mol. The molecule has 160 valence electrons. The van der Waals surface area contributed by atoms with Crippen molar-refractivity contribution < 1.29 is 4.79 Å². The second-order valence-corrected chi connectivity index (χ2v) is 9.29. The Morgan fingerprint density at radius 3 is 2.55 bits per heavy atom. The van der Waals surface area contributed by atoms with Gasteiger partial charge in [-0.25, -0.2) is 0 Å². The van der Waals surface area contributed by atoms with E-state index in [1.165, 1.54) is 11.0 Å². The molecular formula is C23H29B2N3O2S. The van der Waals surface area contributed by atoms with Crippen LogP contribution < -0.4 is 15.9 Å². The number of benzene rings is 2. The first kappa shape index (κ1) is 23.2. The van der Waals surface area contributed by atoms with Crippen LogP contribution in [-0.4, -0.2) is 64.9 Å². The summed E-state index contributed by atoms with van der Waals surface area (Å²) in [5.41, 5.74) is 4.54. The van der Waals surface area contributed by atoms with Crippen molar-refractivity contribution >= 4 is 55.9 Å². The minimum Gasteiger partial charge on any atom is -0.378 e. The van der Waals surface area contributed by atoms with Crippen LogP contribution in [0, 0.1) is 0 Å². The minimum absolute atomic E-state index is 0.238. The molecule has 0 radical (unpaired) electrons. The number of hydrogen-bond donors (Lipinski definition) is 0. The van der Waals surface area contributed by atoms with Gasteiger partial charge >= 0.3 is 0 Å². The van der Waals surface area contributed by atoms with E-state index in [0.717, 1.165) is 46.7 Å². The Morgan fingerprint density at radius 2 is 1.87 bits per heavy atom. The number of aldehydes is 1. The first-order chi connectivity index (χ1) is 14.8. The Morgan fingerprint density at radius 1 is 1.13 bits per heavy atom. The van der Waals surface area contributed by atoms with Crippen LogP contribution in [0.4, 0.5) is 5.69 Å². The summed E-state index contributed by atoms with van der Waals surface area (Å²) in [6, 6.07) is 14.5. The molecule has 0 spiro atoms. The number of fused-ring (bicyclic) bond motifs is 1. The van der Waals surface area contributed by atoms with Crippen molar-refractivity contribution in [3.8, 4) is 0 Å². The van der Waals surface area contributed by atoms with Crippen molar-refractivity contribution in [2.45, 2.75) is 17.9 Å². The summed E-state index contributed by atoms with van der Waals surface area (Å²) in [5.74, 6) is 0.844. The highest BCUT2D eigenvalue weighted by Gasteiger charge is 2.16. The molecule has 1 aromatic heterocycles. The van der Waals surface area contributed by atoms with E-state index in [9.17, 15) is 9.59 Å². The highest BCUT2D eigenvalue weighted by molar-refractivity contribution is 7.99. The molecule has 3 rings (SSSR count). The van der Waals surface area contributed by atoms with E-state index in [1.807, 2.05) is 37.2 Å². The number of nitrogens with zero attached hydrogens (tertiary/aromatic N) is 3. The molecule has 1 heterocycles. The van der Waals surface area contributed by atoms with Crippen LogP contribution in [0.3, 0.4) is 0 Å². The molecule has 0 saturated heterocycles. The van der Waals surface area contributed by atoms with Crippen LogP contribution in [0.2, 0.25) is 0 Å². The van der Waals surface area contributed by atoms with Crippen LogP contribution in [0.5, 0.6) is 0 Å². The molecule has 0 aliphatic carbocycles. The van der Waals surface area contributed by atoms with Gasteiger partial charge in [0.05, 0.1) is 5.56 Å². The van der Waals surface area contributed by atoms with Gasteiger partial charge in [0.1, 0.15) is 7.85 Å². The largest absolute Gasteiger partial charge is 0.378 e. The molecule has 0 bridgehead atoms. The third kappa shape index (κ3) is 5.25. The van der Waals surface area contributed by atoms with E-state index in [-0.39, 0.29) is 11.1 Å². The molecule has 5 nitrogen and oxygen atoms in total. The first-order valence-corrected chi connectivity index (χ1v) is 11.5. The quantitative estimate of drug-likeness (QED) is 0.219. The first-order valence-electron chi connectivity index (χ1n) is 10.5. The summed E-state index contributed by atoms with van der Waals surface area (Å²) >= 11 is 1.60. The lowest BCUT2D eigenvalue weighted by molar-refractivity contribution is 0.111. The Balaban J connectivity index is 1.75. The van der Waals surface area contributed by atoms with Gasteiger partial charge in [0.2, 0.25) is 13.5 Å². The lowest BCUT2D eigenvalue weighted by Gasteiger charge is -2.19. The minimum atomic E-state index is -0.238. The monoisotopic (exact) mass is 433 g/mol. The zero-order chi connectivity index (χ0) is 22.5. The standard InChI is InChI=1S/C23H29B2N3O2S/c1-26(2)17-9-10-18-21(13-17)28(25)23(30)19(15-29)22(18)31-12-6-11-27(3)14-16-7-4-5-8-20(16)24/h4-5,7-10,13,15H,6,11-12,14,24-25H2,1-3H3. The zero-order valence-corrected chi connectivity index (χ0v) is 19.8. The topological polar surface area (TPSA) is 45.6 Å². The highest BCUT2D eigenvalue weighted by Crippen LogP contribution is 2.31. The number of aromatic nitrogens is 1. The van der Waals surface area contributed by atoms with Crippen LogP contribution in [0.15, 0.2) is 52.2 Å². The van der Waals surface area contributed by atoms with E-state index in [4.69, 9.17) is 0 Å². The van der Waals surface area contributed by atoms with Crippen molar-refractivity contribution in [2.75, 3.05) is 38.3 Å². The number of hydrogen-bond acceptors (Lipinski definition) is 5. The summed E-state index contributed by atoms with van der Waals surface area (Å²) in [6.45, 7) is 1.87. The van der Waals surface area contributed by atoms with Crippen molar-refractivity contribution in [3.05, 3.63) is 63.9 Å². The molecule has 3 aromatic rings. The Bertz CT molecular complexity index is 1150. The third-order valence-electron chi connectivity index (χ3n) is 5.63. The molecule has 31 heavy (non-hydrogen) atoms. The van der Waals surface area contributed by atoms with Gasteiger partial charge in [-0.05, 0) is 49.5 Å². The van der Waals surface area contributed by atoms with Gasteiger partial charge in [0, 0.05) is 42.1 Å². The summed E-state index contributed by atoms with van der Waals surface area (Å²) in [5, 5.41) is 0.952. The number of pyridine rings is 1. The van der Waals surface area contributed by atoms with Crippen LogP contribution in [0.25, 0.3) is 10.9 Å².